The summed E-state index contributed by atoms with van der Waals surface area (Å²) in [4.78, 5) is 0. The lowest BCUT2D eigenvalue weighted by Crippen LogP contribution is -2.39. The number of halogens is 1. The Morgan fingerprint density at radius 3 is 2.58 bits per heavy atom. The molecule has 0 spiro atoms. The van der Waals surface area contributed by atoms with Gasteiger partial charge in [-0.15, -0.1) is 0 Å². The van der Waals surface area contributed by atoms with Gasteiger partial charge in [-0.25, -0.2) is 0 Å². The number of aryl methyl sites for hydroxylation is 2. The van der Waals surface area contributed by atoms with Crippen molar-refractivity contribution < 1.29 is 5.11 Å². The fourth-order valence-corrected chi connectivity index (χ4v) is 3.24. The average molecular weight is 286 g/mol. The summed E-state index contributed by atoms with van der Waals surface area (Å²) in [6, 6.07) is 0. The van der Waals surface area contributed by atoms with E-state index in [1.54, 1.807) is 0 Å². The van der Waals surface area contributed by atoms with Crippen LogP contribution in [0.1, 0.15) is 43.5 Å². The van der Waals surface area contributed by atoms with Crippen LogP contribution in [0, 0.1) is 12.3 Å². The third-order valence-electron chi connectivity index (χ3n) is 4.30. The molecule has 2 rings (SSSR count). The Balaban J connectivity index is 1.92. The van der Waals surface area contributed by atoms with Gasteiger partial charge >= 0.3 is 0 Å². The first-order valence-corrected chi connectivity index (χ1v) is 7.45. The highest BCUT2D eigenvalue weighted by Gasteiger charge is 2.30. The quantitative estimate of drug-likeness (QED) is 0.873. The van der Waals surface area contributed by atoms with E-state index in [2.05, 4.69) is 10.4 Å². The summed E-state index contributed by atoms with van der Waals surface area (Å²) in [5.41, 5.74) is 1.96. The highest BCUT2D eigenvalue weighted by atomic mass is 35.5. The van der Waals surface area contributed by atoms with Gasteiger partial charge in [-0.2, -0.15) is 5.10 Å². The van der Waals surface area contributed by atoms with Gasteiger partial charge in [0.2, 0.25) is 0 Å². The summed E-state index contributed by atoms with van der Waals surface area (Å²) in [5, 5.41) is 18.2. The highest BCUT2D eigenvalue weighted by Crippen LogP contribution is 2.35. The minimum atomic E-state index is 0.0678. The maximum atomic E-state index is 9.67. The predicted molar refractivity (Wildman–Crippen MR) is 77.3 cm³/mol. The minimum absolute atomic E-state index is 0.0678. The summed E-state index contributed by atoms with van der Waals surface area (Å²) < 4.78 is 1.83. The van der Waals surface area contributed by atoms with Crippen molar-refractivity contribution in [2.24, 2.45) is 12.5 Å². The standard InChI is InChI=1S/C14H24ClN3O/c1-11-13(15)12(18(2)17-11)8-16-9-14(10-19)6-4-3-5-7-14/h16,19H,3-10H2,1-2H3. The molecule has 1 fully saturated rings. The van der Waals surface area contributed by atoms with Crippen molar-refractivity contribution in [2.75, 3.05) is 13.2 Å². The summed E-state index contributed by atoms with van der Waals surface area (Å²) >= 11 is 6.23. The largest absolute Gasteiger partial charge is 0.396 e. The van der Waals surface area contributed by atoms with Gasteiger partial charge in [-0.1, -0.05) is 30.9 Å². The molecule has 0 aliphatic heterocycles. The van der Waals surface area contributed by atoms with Crippen molar-refractivity contribution in [1.82, 2.24) is 15.1 Å². The first-order chi connectivity index (χ1) is 9.08. The van der Waals surface area contributed by atoms with E-state index in [1.807, 2.05) is 18.7 Å². The third-order valence-corrected chi connectivity index (χ3v) is 4.80. The Morgan fingerprint density at radius 1 is 1.37 bits per heavy atom. The minimum Gasteiger partial charge on any atom is -0.396 e. The van der Waals surface area contributed by atoms with Gasteiger partial charge in [0.05, 0.1) is 16.4 Å². The van der Waals surface area contributed by atoms with E-state index >= 15 is 0 Å². The molecule has 108 valence electrons. The molecular formula is C14H24ClN3O. The molecule has 5 heteroatoms. The number of aliphatic hydroxyl groups excluding tert-OH is 1. The van der Waals surface area contributed by atoms with Gasteiger partial charge in [-0.3, -0.25) is 4.68 Å². The molecule has 1 heterocycles. The Hall–Kier alpha value is -0.580. The number of nitrogens with one attached hydrogen (secondary N) is 1. The zero-order valence-electron chi connectivity index (χ0n) is 11.9. The first-order valence-electron chi connectivity index (χ1n) is 7.07. The van der Waals surface area contributed by atoms with Gasteiger partial charge in [0.15, 0.2) is 0 Å². The van der Waals surface area contributed by atoms with Crippen molar-refractivity contribution in [3.05, 3.63) is 16.4 Å². The summed E-state index contributed by atoms with van der Waals surface area (Å²) in [6.45, 7) is 3.75. The van der Waals surface area contributed by atoms with Crippen molar-refractivity contribution in [3.8, 4) is 0 Å². The van der Waals surface area contributed by atoms with Crippen LogP contribution in [0.2, 0.25) is 5.02 Å². The van der Waals surface area contributed by atoms with Gasteiger partial charge in [0, 0.05) is 32.2 Å². The molecular weight excluding hydrogens is 262 g/mol. The molecule has 0 atom stereocenters. The number of aromatic nitrogens is 2. The van der Waals surface area contributed by atoms with Gasteiger partial charge in [0.1, 0.15) is 0 Å². The van der Waals surface area contributed by atoms with E-state index in [1.165, 1.54) is 19.3 Å². The zero-order chi connectivity index (χ0) is 13.9. The second-order valence-electron chi connectivity index (χ2n) is 5.79. The summed E-state index contributed by atoms with van der Waals surface area (Å²) in [7, 11) is 1.91. The van der Waals surface area contributed by atoms with Crippen molar-refractivity contribution in [3.63, 3.8) is 0 Å². The molecule has 0 radical (unpaired) electrons. The van der Waals surface area contributed by atoms with Crippen LogP contribution >= 0.6 is 11.6 Å². The van der Waals surface area contributed by atoms with Gasteiger partial charge < -0.3 is 10.4 Å². The third kappa shape index (κ3) is 3.30. The molecule has 2 N–H and O–H groups in total. The lowest BCUT2D eigenvalue weighted by Gasteiger charge is -2.35. The van der Waals surface area contributed by atoms with E-state index < -0.39 is 0 Å². The van der Waals surface area contributed by atoms with Crippen LogP contribution in [0.15, 0.2) is 0 Å². The van der Waals surface area contributed by atoms with E-state index in [0.717, 1.165) is 35.8 Å². The maximum absolute atomic E-state index is 9.67. The van der Waals surface area contributed by atoms with Crippen LogP contribution in [-0.4, -0.2) is 28.0 Å². The van der Waals surface area contributed by atoms with E-state index in [4.69, 9.17) is 11.6 Å². The molecule has 1 aliphatic rings. The molecule has 1 aromatic rings. The highest BCUT2D eigenvalue weighted by molar-refractivity contribution is 6.31. The second-order valence-corrected chi connectivity index (χ2v) is 6.17. The zero-order valence-corrected chi connectivity index (χ0v) is 12.6. The maximum Gasteiger partial charge on any atom is 0.0860 e. The fourth-order valence-electron chi connectivity index (χ4n) is 3.01. The van der Waals surface area contributed by atoms with Crippen molar-refractivity contribution >= 4 is 11.6 Å². The smallest absolute Gasteiger partial charge is 0.0860 e. The first kappa shape index (κ1) is 14.8. The number of nitrogens with zero attached hydrogens (tertiary/aromatic N) is 2. The molecule has 0 aromatic carbocycles. The molecule has 0 unspecified atom stereocenters. The van der Waals surface area contributed by atoms with Crippen LogP contribution < -0.4 is 5.32 Å². The summed E-state index contributed by atoms with van der Waals surface area (Å²) in [6.07, 6.45) is 6.00. The molecule has 4 nitrogen and oxygen atoms in total. The van der Waals surface area contributed by atoms with Crippen LogP contribution in [0.4, 0.5) is 0 Å². The molecule has 1 aromatic heterocycles. The normalized spacial score (nSPS) is 18.7. The Kier molecular flexibility index (Phi) is 4.87. The second kappa shape index (κ2) is 6.25. The van der Waals surface area contributed by atoms with Crippen molar-refractivity contribution in [2.45, 2.75) is 45.6 Å². The van der Waals surface area contributed by atoms with Crippen LogP contribution in [0.3, 0.4) is 0 Å². The Labute approximate surface area is 120 Å². The molecule has 1 saturated carbocycles. The molecule has 1 aliphatic carbocycles. The number of hydrogen-bond donors (Lipinski definition) is 2. The van der Waals surface area contributed by atoms with Gasteiger partial charge in [0.25, 0.3) is 0 Å². The van der Waals surface area contributed by atoms with Crippen LogP contribution in [0.5, 0.6) is 0 Å². The van der Waals surface area contributed by atoms with E-state index in [-0.39, 0.29) is 12.0 Å². The molecule has 0 saturated heterocycles. The molecule has 19 heavy (non-hydrogen) atoms. The predicted octanol–water partition coefficient (Wildman–Crippen LogP) is 2.41. The molecule has 0 bridgehead atoms. The number of hydrogen-bond acceptors (Lipinski definition) is 3. The number of rotatable bonds is 5. The van der Waals surface area contributed by atoms with E-state index in [0.29, 0.717) is 6.54 Å². The number of aliphatic hydroxyl groups is 1. The Bertz CT molecular complexity index is 425. The summed E-state index contributed by atoms with van der Waals surface area (Å²) in [5.74, 6) is 0. The lowest BCUT2D eigenvalue weighted by atomic mass is 9.74. The topological polar surface area (TPSA) is 50.1 Å². The van der Waals surface area contributed by atoms with Gasteiger partial charge in [-0.05, 0) is 19.8 Å². The average Bonchev–Trinajstić information content (AvgIpc) is 2.66. The molecule has 0 amide bonds. The lowest BCUT2D eigenvalue weighted by molar-refractivity contribution is 0.0809. The van der Waals surface area contributed by atoms with Crippen LogP contribution in [0.25, 0.3) is 0 Å². The van der Waals surface area contributed by atoms with Crippen molar-refractivity contribution in [1.29, 1.82) is 0 Å². The van der Waals surface area contributed by atoms with Crippen LogP contribution in [-0.2, 0) is 13.6 Å². The fraction of sp³-hybridized carbons (Fsp3) is 0.786. The van der Waals surface area contributed by atoms with E-state index in [9.17, 15) is 5.11 Å². The SMILES string of the molecule is Cc1nn(C)c(CNCC2(CO)CCCCC2)c1Cl. The monoisotopic (exact) mass is 285 g/mol. The Morgan fingerprint density at radius 2 is 2.05 bits per heavy atom.